The summed E-state index contributed by atoms with van der Waals surface area (Å²) in [5.74, 6) is 0. The molecule has 0 saturated heterocycles. The lowest BCUT2D eigenvalue weighted by Gasteiger charge is -2.20. The molecule has 9 heavy (non-hydrogen) atoms. The molecular weight excluding hydrogens is 116 g/mol. The number of hydrogen-bond acceptors (Lipinski definition) is 2. The van der Waals surface area contributed by atoms with E-state index < -0.39 is 0 Å². The smallest absolute Gasteiger partial charge is 0.143 e. The van der Waals surface area contributed by atoms with Crippen LogP contribution in [0.25, 0.3) is 0 Å². The molecule has 0 aromatic carbocycles. The van der Waals surface area contributed by atoms with Crippen LogP contribution < -0.4 is 0 Å². The molecular formula is C7H14O2. The number of rotatable bonds is 2. The van der Waals surface area contributed by atoms with Crippen molar-refractivity contribution in [2.75, 3.05) is 6.79 Å². The number of aliphatic hydroxyl groups is 1. The summed E-state index contributed by atoms with van der Waals surface area (Å²) in [7, 11) is 0. The van der Waals surface area contributed by atoms with Gasteiger partial charge in [-0.2, -0.15) is 0 Å². The van der Waals surface area contributed by atoms with Gasteiger partial charge in [-0.1, -0.05) is 19.3 Å². The van der Waals surface area contributed by atoms with E-state index in [1.165, 1.54) is 19.3 Å². The fourth-order valence-corrected chi connectivity index (χ4v) is 1.34. The zero-order valence-corrected chi connectivity index (χ0v) is 5.68. The highest BCUT2D eigenvalue weighted by Crippen LogP contribution is 2.19. The molecule has 0 bridgehead atoms. The Bertz CT molecular complexity index is 64.6. The molecule has 2 heteroatoms. The molecule has 0 amide bonds. The van der Waals surface area contributed by atoms with Gasteiger partial charge >= 0.3 is 0 Å². The Balaban J connectivity index is 2.08. The first-order valence-corrected chi connectivity index (χ1v) is 3.66. The second kappa shape index (κ2) is 3.85. The minimum atomic E-state index is -0.106. The molecule has 0 aromatic heterocycles. The molecule has 0 aromatic rings. The van der Waals surface area contributed by atoms with Crippen molar-refractivity contribution in [2.24, 2.45) is 0 Å². The standard InChI is InChI=1S/C7H14O2/c8-6-9-7-4-2-1-3-5-7/h7-8H,1-6H2. The first-order chi connectivity index (χ1) is 4.43. The van der Waals surface area contributed by atoms with E-state index in [1.807, 2.05) is 0 Å². The Hall–Kier alpha value is -0.0800. The molecule has 1 rings (SSSR count). The Morgan fingerprint density at radius 2 is 1.89 bits per heavy atom. The highest BCUT2D eigenvalue weighted by molar-refractivity contribution is 4.63. The van der Waals surface area contributed by atoms with Gasteiger partial charge in [0.25, 0.3) is 0 Å². The molecule has 1 N–H and O–H groups in total. The van der Waals surface area contributed by atoms with Crippen LogP contribution in [0.2, 0.25) is 0 Å². The van der Waals surface area contributed by atoms with Crippen molar-refractivity contribution >= 4 is 0 Å². The summed E-state index contributed by atoms with van der Waals surface area (Å²) in [6.45, 7) is -0.106. The third kappa shape index (κ3) is 2.33. The molecule has 0 radical (unpaired) electrons. The maximum atomic E-state index is 8.40. The van der Waals surface area contributed by atoms with Crippen LogP contribution in [-0.2, 0) is 4.74 Å². The maximum absolute atomic E-state index is 8.40. The van der Waals surface area contributed by atoms with Crippen LogP contribution in [0.15, 0.2) is 0 Å². The monoisotopic (exact) mass is 130 g/mol. The van der Waals surface area contributed by atoms with E-state index in [0.29, 0.717) is 6.10 Å². The van der Waals surface area contributed by atoms with Crippen molar-refractivity contribution < 1.29 is 9.84 Å². The van der Waals surface area contributed by atoms with Crippen LogP contribution >= 0.6 is 0 Å². The second-order valence-corrected chi connectivity index (χ2v) is 2.56. The highest BCUT2D eigenvalue weighted by atomic mass is 16.6. The van der Waals surface area contributed by atoms with Crippen LogP contribution in [0.3, 0.4) is 0 Å². The Kier molecular flexibility index (Phi) is 3.01. The number of ether oxygens (including phenoxy) is 1. The first-order valence-electron chi connectivity index (χ1n) is 3.66. The summed E-state index contributed by atoms with van der Waals surface area (Å²) < 4.78 is 5.04. The Morgan fingerprint density at radius 1 is 1.22 bits per heavy atom. The summed E-state index contributed by atoms with van der Waals surface area (Å²) in [5, 5.41) is 8.40. The van der Waals surface area contributed by atoms with Gasteiger partial charge in [0.1, 0.15) is 6.79 Å². The SMILES string of the molecule is OCOC1CCCCC1. The van der Waals surface area contributed by atoms with Gasteiger partial charge in [-0.15, -0.1) is 0 Å². The first kappa shape index (κ1) is 7.03. The minimum absolute atomic E-state index is 0.106. The van der Waals surface area contributed by atoms with E-state index in [1.54, 1.807) is 0 Å². The topological polar surface area (TPSA) is 29.5 Å². The lowest BCUT2D eigenvalue weighted by molar-refractivity contribution is -0.0623. The van der Waals surface area contributed by atoms with Gasteiger partial charge in [-0.3, -0.25) is 0 Å². The second-order valence-electron chi connectivity index (χ2n) is 2.56. The summed E-state index contributed by atoms with van der Waals surface area (Å²) in [6.07, 6.45) is 6.51. The average molecular weight is 130 g/mol. The van der Waals surface area contributed by atoms with Crippen LogP contribution in [0.4, 0.5) is 0 Å². The molecule has 0 spiro atoms. The van der Waals surface area contributed by atoms with E-state index in [4.69, 9.17) is 9.84 Å². The van der Waals surface area contributed by atoms with Gasteiger partial charge in [-0.05, 0) is 12.8 Å². The lowest BCUT2D eigenvalue weighted by atomic mass is 9.98. The molecule has 0 aliphatic heterocycles. The summed E-state index contributed by atoms with van der Waals surface area (Å²) in [4.78, 5) is 0. The zero-order valence-electron chi connectivity index (χ0n) is 5.68. The van der Waals surface area contributed by atoms with Gasteiger partial charge in [0.05, 0.1) is 6.10 Å². The Morgan fingerprint density at radius 3 is 2.44 bits per heavy atom. The van der Waals surface area contributed by atoms with E-state index in [0.717, 1.165) is 12.8 Å². The molecule has 0 heterocycles. The van der Waals surface area contributed by atoms with Crippen molar-refractivity contribution in [1.29, 1.82) is 0 Å². The molecule has 0 atom stereocenters. The van der Waals surface area contributed by atoms with E-state index in [9.17, 15) is 0 Å². The third-order valence-electron chi connectivity index (χ3n) is 1.86. The zero-order chi connectivity index (χ0) is 6.53. The van der Waals surface area contributed by atoms with Gasteiger partial charge < -0.3 is 9.84 Å². The van der Waals surface area contributed by atoms with Gasteiger partial charge in [-0.25, -0.2) is 0 Å². The third-order valence-corrected chi connectivity index (χ3v) is 1.86. The lowest BCUT2D eigenvalue weighted by Crippen LogP contribution is -2.16. The molecule has 1 aliphatic rings. The van der Waals surface area contributed by atoms with Crippen molar-refractivity contribution in [3.63, 3.8) is 0 Å². The minimum Gasteiger partial charge on any atom is -0.371 e. The van der Waals surface area contributed by atoms with E-state index in [2.05, 4.69) is 0 Å². The average Bonchev–Trinajstić information content (AvgIpc) is 1.91. The highest BCUT2D eigenvalue weighted by Gasteiger charge is 2.12. The van der Waals surface area contributed by atoms with Gasteiger partial charge in [0, 0.05) is 0 Å². The van der Waals surface area contributed by atoms with Crippen molar-refractivity contribution in [3.05, 3.63) is 0 Å². The molecule has 1 fully saturated rings. The molecule has 2 nitrogen and oxygen atoms in total. The summed E-state index contributed by atoms with van der Waals surface area (Å²) in [5.41, 5.74) is 0. The molecule has 1 saturated carbocycles. The van der Waals surface area contributed by atoms with Crippen LogP contribution in [0, 0.1) is 0 Å². The van der Waals surface area contributed by atoms with Crippen LogP contribution in [0.1, 0.15) is 32.1 Å². The summed E-state index contributed by atoms with van der Waals surface area (Å²) in [6, 6.07) is 0. The quantitative estimate of drug-likeness (QED) is 0.571. The molecule has 0 unspecified atom stereocenters. The van der Waals surface area contributed by atoms with Gasteiger partial charge in [0.15, 0.2) is 0 Å². The predicted molar refractivity (Wildman–Crippen MR) is 35.0 cm³/mol. The number of hydrogen-bond donors (Lipinski definition) is 1. The largest absolute Gasteiger partial charge is 0.371 e. The summed E-state index contributed by atoms with van der Waals surface area (Å²) >= 11 is 0. The normalized spacial score (nSPS) is 22.3. The van der Waals surface area contributed by atoms with Gasteiger partial charge in [0.2, 0.25) is 0 Å². The van der Waals surface area contributed by atoms with Crippen molar-refractivity contribution in [3.8, 4) is 0 Å². The predicted octanol–water partition coefficient (Wildman–Crippen LogP) is 1.29. The fraction of sp³-hybridized carbons (Fsp3) is 1.00. The number of aliphatic hydroxyl groups excluding tert-OH is 1. The van der Waals surface area contributed by atoms with Crippen LogP contribution in [-0.4, -0.2) is 18.0 Å². The van der Waals surface area contributed by atoms with Crippen molar-refractivity contribution in [1.82, 2.24) is 0 Å². The maximum Gasteiger partial charge on any atom is 0.143 e. The van der Waals surface area contributed by atoms with E-state index in [-0.39, 0.29) is 6.79 Å². The van der Waals surface area contributed by atoms with E-state index >= 15 is 0 Å². The molecule has 1 aliphatic carbocycles. The van der Waals surface area contributed by atoms with Crippen LogP contribution in [0.5, 0.6) is 0 Å². The Labute approximate surface area is 55.8 Å². The molecule has 54 valence electrons. The van der Waals surface area contributed by atoms with Crippen molar-refractivity contribution in [2.45, 2.75) is 38.2 Å². The fourth-order valence-electron chi connectivity index (χ4n) is 1.34.